The Morgan fingerprint density at radius 1 is 1.00 bits per heavy atom. The molecule has 3 rings (SSSR count). The minimum Gasteiger partial charge on any atom is -0.377 e. The Kier molecular flexibility index (Phi) is 2.89. The first-order valence-electron chi connectivity index (χ1n) is 5.93. The molecule has 1 nitrogen and oxygen atoms in total. The maximum absolute atomic E-state index is 3.62. The van der Waals surface area contributed by atoms with Gasteiger partial charge in [0.25, 0.3) is 0 Å². The van der Waals surface area contributed by atoms with Crippen molar-refractivity contribution in [2.45, 2.75) is 18.9 Å². The number of fused-ring (bicyclic) bond motifs is 1. The number of para-hydroxylation sites is 1. The summed E-state index contributed by atoms with van der Waals surface area (Å²) in [6.07, 6.45) is 2.36. The molecule has 2 aromatic carbocycles. The third-order valence-electron chi connectivity index (χ3n) is 3.34. The van der Waals surface area contributed by atoms with Gasteiger partial charge in [-0.2, -0.15) is 0 Å². The highest BCUT2D eigenvalue weighted by Crippen LogP contribution is 2.35. The average Bonchev–Trinajstić information content (AvgIpc) is 2.76. The monoisotopic (exact) mass is 287 g/mol. The minimum absolute atomic E-state index is 0.449. The highest BCUT2D eigenvalue weighted by molar-refractivity contribution is 9.10. The topological polar surface area (TPSA) is 12.0 Å². The second-order valence-electron chi connectivity index (χ2n) is 4.41. The fourth-order valence-electron chi connectivity index (χ4n) is 2.47. The van der Waals surface area contributed by atoms with Gasteiger partial charge in [-0.15, -0.1) is 0 Å². The lowest BCUT2D eigenvalue weighted by molar-refractivity contribution is 0.761. The molecule has 0 fully saturated rings. The summed E-state index contributed by atoms with van der Waals surface area (Å²) in [4.78, 5) is 0. The quantitative estimate of drug-likeness (QED) is 0.855. The fraction of sp³-hybridized carbons (Fsp3) is 0.200. The fourth-order valence-corrected chi connectivity index (χ4v) is 2.87. The molecule has 86 valence electrons. The first-order chi connectivity index (χ1) is 8.34. The Hall–Kier alpha value is -1.28. The van der Waals surface area contributed by atoms with E-state index in [1.54, 1.807) is 0 Å². The molecule has 0 saturated carbocycles. The molecule has 0 radical (unpaired) electrons. The van der Waals surface area contributed by atoms with Gasteiger partial charge >= 0.3 is 0 Å². The normalized spacial score (nSPS) is 17.8. The van der Waals surface area contributed by atoms with Crippen LogP contribution >= 0.6 is 15.9 Å². The van der Waals surface area contributed by atoms with Gasteiger partial charge in [0.15, 0.2) is 0 Å². The van der Waals surface area contributed by atoms with Crippen molar-refractivity contribution in [2.24, 2.45) is 0 Å². The van der Waals surface area contributed by atoms with E-state index in [0.29, 0.717) is 6.04 Å². The van der Waals surface area contributed by atoms with E-state index in [0.717, 1.165) is 4.47 Å². The molecule has 1 aliphatic carbocycles. The molecule has 0 bridgehead atoms. The number of benzene rings is 2. The van der Waals surface area contributed by atoms with Gasteiger partial charge in [-0.25, -0.2) is 0 Å². The summed E-state index contributed by atoms with van der Waals surface area (Å²) in [5, 5.41) is 3.62. The summed E-state index contributed by atoms with van der Waals surface area (Å²) >= 11 is 3.58. The lowest BCUT2D eigenvalue weighted by Gasteiger charge is -2.16. The number of rotatable bonds is 2. The maximum atomic E-state index is 3.62. The van der Waals surface area contributed by atoms with Crippen molar-refractivity contribution < 1.29 is 0 Å². The third kappa shape index (κ3) is 2.09. The van der Waals surface area contributed by atoms with E-state index in [-0.39, 0.29) is 0 Å². The van der Waals surface area contributed by atoms with Crippen LogP contribution in [0.3, 0.4) is 0 Å². The van der Waals surface area contributed by atoms with E-state index in [4.69, 9.17) is 0 Å². The lowest BCUT2D eigenvalue weighted by Crippen LogP contribution is -2.07. The Labute approximate surface area is 110 Å². The summed E-state index contributed by atoms with van der Waals surface area (Å²) in [5.41, 5.74) is 4.11. The zero-order valence-electron chi connectivity index (χ0n) is 9.49. The van der Waals surface area contributed by atoms with E-state index in [9.17, 15) is 0 Å². The van der Waals surface area contributed by atoms with Gasteiger partial charge in [-0.3, -0.25) is 0 Å². The number of halogens is 1. The van der Waals surface area contributed by atoms with Crippen molar-refractivity contribution in [3.8, 4) is 0 Å². The summed E-state index contributed by atoms with van der Waals surface area (Å²) in [6.45, 7) is 0. The van der Waals surface area contributed by atoms with Crippen molar-refractivity contribution in [3.63, 3.8) is 0 Å². The SMILES string of the molecule is Brc1ccccc1NC1CCc2ccccc21. The standard InChI is InChI=1S/C15H14BrN/c16-13-7-3-4-8-15(13)17-14-10-9-11-5-1-2-6-12(11)14/h1-8,14,17H,9-10H2. The third-order valence-corrected chi connectivity index (χ3v) is 4.03. The maximum Gasteiger partial charge on any atom is 0.0520 e. The Balaban J connectivity index is 1.87. The van der Waals surface area contributed by atoms with E-state index in [1.807, 2.05) is 6.07 Å². The zero-order chi connectivity index (χ0) is 11.7. The van der Waals surface area contributed by atoms with Crippen molar-refractivity contribution in [2.75, 3.05) is 5.32 Å². The Morgan fingerprint density at radius 2 is 1.76 bits per heavy atom. The molecular formula is C15H14BrN. The van der Waals surface area contributed by atoms with Crippen LogP contribution in [0.2, 0.25) is 0 Å². The van der Waals surface area contributed by atoms with E-state index in [1.165, 1.54) is 29.7 Å². The van der Waals surface area contributed by atoms with Crippen LogP contribution in [0.15, 0.2) is 53.0 Å². The second-order valence-corrected chi connectivity index (χ2v) is 5.27. The molecule has 17 heavy (non-hydrogen) atoms. The second kappa shape index (κ2) is 4.53. The number of hydrogen-bond acceptors (Lipinski definition) is 1. The minimum atomic E-state index is 0.449. The van der Waals surface area contributed by atoms with Gasteiger partial charge in [-0.05, 0) is 52.0 Å². The smallest absolute Gasteiger partial charge is 0.0520 e. The Morgan fingerprint density at radius 3 is 2.65 bits per heavy atom. The van der Waals surface area contributed by atoms with Gasteiger partial charge in [0, 0.05) is 10.2 Å². The van der Waals surface area contributed by atoms with Gasteiger partial charge in [0.1, 0.15) is 0 Å². The molecule has 1 atom stereocenters. The molecule has 0 aromatic heterocycles. The van der Waals surface area contributed by atoms with Crippen LogP contribution in [0.5, 0.6) is 0 Å². The van der Waals surface area contributed by atoms with Gasteiger partial charge < -0.3 is 5.32 Å². The summed E-state index contributed by atoms with van der Waals surface area (Å²) < 4.78 is 1.13. The molecule has 0 spiro atoms. The highest BCUT2D eigenvalue weighted by Gasteiger charge is 2.21. The van der Waals surface area contributed by atoms with Gasteiger partial charge in [0.2, 0.25) is 0 Å². The van der Waals surface area contributed by atoms with E-state index in [2.05, 4.69) is 63.7 Å². The molecular weight excluding hydrogens is 274 g/mol. The predicted molar refractivity (Wildman–Crippen MR) is 75.3 cm³/mol. The predicted octanol–water partition coefficient (Wildman–Crippen LogP) is 4.55. The molecule has 2 heteroatoms. The molecule has 0 amide bonds. The first kappa shape index (κ1) is 10.8. The van der Waals surface area contributed by atoms with Crippen molar-refractivity contribution in [3.05, 3.63) is 64.1 Å². The van der Waals surface area contributed by atoms with Gasteiger partial charge in [0.05, 0.1) is 6.04 Å². The van der Waals surface area contributed by atoms with Crippen LogP contribution in [0.25, 0.3) is 0 Å². The Bertz CT molecular complexity index is 536. The molecule has 1 aliphatic rings. The number of aryl methyl sites for hydroxylation is 1. The zero-order valence-corrected chi connectivity index (χ0v) is 11.1. The molecule has 1 unspecified atom stereocenters. The first-order valence-corrected chi connectivity index (χ1v) is 6.73. The summed E-state index contributed by atoms with van der Waals surface area (Å²) in [5.74, 6) is 0. The summed E-state index contributed by atoms with van der Waals surface area (Å²) in [6, 6.07) is 17.5. The summed E-state index contributed by atoms with van der Waals surface area (Å²) in [7, 11) is 0. The van der Waals surface area contributed by atoms with Crippen LogP contribution < -0.4 is 5.32 Å². The van der Waals surface area contributed by atoms with Crippen molar-refractivity contribution in [1.29, 1.82) is 0 Å². The highest BCUT2D eigenvalue weighted by atomic mass is 79.9. The van der Waals surface area contributed by atoms with Crippen LogP contribution in [0.4, 0.5) is 5.69 Å². The van der Waals surface area contributed by atoms with E-state index < -0.39 is 0 Å². The van der Waals surface area contributed by atoms with Crippen LogP contribution in [0.1, 0.15) is 23.6 Å². The molecule has 1 N–H and O–H groups in total. The molecule has 0 aliphatic heterocycles. The largest absolute Gasteiger partial charge is 0.377 e. The van der Waals surface area contributed by atoms with Crippen LogP contribution in [-0.2, 0) is 6.42 Å². The average molecular weight is 288 g/mol. The van der Waals surface area contributed by atoms with Crippen LogP contribution in [0, 0.1) is 0 Å². The number of hydrogen-bond donors (Lipinski definition) is 1. The number of nitrogens with one attached hydrogen (secondary N) is 1. The van der Waals surface area contributed by atoms with Gasteiger partial charge in [-0.1, -0.05) is 36.4 Å². The molecule has 0 saturated heterocycles. The lowest BCUT2D eigenvalue weighted by atomic mass is 10.1. The molecule has 0 heterocycles. The molecule has 2 aromatic rings. The van der Waals surface area contributed by atoms with E-state index >= 15 is 0 Å². The van der Waals surface area contributed by atoms with Crippen molar-refractivity contribution >= 4 is 21.6 Å². The number of anilines is 1. The van der Waals surface area contributed by atoms with Crippen LogP contribution in [-0.4, -0.2) is 0 Å². The van der Waals surface area contributed by atoms with Crippen molar-refractivity contribution in [1.82, 2.24) is 0 Å².